The third-order valence-corrected chi connectivity index (χ3v) is 2.30. The molecule has 4 heteroatoms. The molecule has 0 aliphatic heterocycles. The first-order valence-corrected chi connectivity index (χ1v) is 4.36. The molecule has 0 spiro atoms. The molecular weight excluding hydrogens is 168 g/mol. The quantitative estimate of drug-likeness (QED) is 0.692. The molecule has 0 radical (unpaired) electrons. The molecule has 0 atom stereocenters. The van der Waals surface area contributed by atoms with Crippen molar-refractivity contribution in [3.8, 4) is 0 Å². The van der Waals surface area contributed by atoms with Gasteiger partial charge in [0.25, 0.3) is 0 Å². The second kappa shape index (κ2) is 4.25. The number of nitrogens with one attached hydrogen (secondary N) is 1. The first-order valence-electron chi connectivity index (χ1n) is 4.36. The monoisotopic (exact) mass is 186 g/mol. The molecule has 0 aromatic rings. The highest BCUT2D eigenvalue weighted by atomic mass is 16.2. The predicted molar refractivity (Wildman–Crippen MR) is 51.2 cm³/mol. The summed E-state index contributed by atoms with van der Waals surface area (Å²) in [5.74, 6) is -0.189. The zero-order chi connectivity index (χ0) is 10.6. The molecule has 0 saturated heterocycles. The predicted octanol–water partition coefficient (Wildman–Crippen LogP) is 0.379. The minimum atomic E-state index is -0.776. The van der Waals surface area contributed by atoms with Gasteiger partial charge in [0.1, 0.15) is 5.54 Å². The molecule has 1 N–H and O–H groups in total. The Morgan fingerprint density at radius 2 is 1.85 bits per heavy atom. The minimum absolute atomic E-state index is 0.0337. The van der Waals surface area contributed by atoms with Crippen LogP contribution in [0.15, 0.2) is 0 Å². The maximum atomic E-state index is 11.4. The van der Waals surface area contributed by atoms with Crippen molar-refractivity contribution in [2.75, 3.05) is 14.1 Å². The van der Waals surface area contributed by atoms with Crippen LogP contribution in [0.2, 0.25) is 0 Å². The van der Waals surface area contributed by atoms with E-state index in [0.717, 1.165) is 0 Å². The van der Waals surface area contributed by atoms with Crippen LogP contribution in [0.1, 0.15) is 27.2 Å². The maximum absolute atomic E-state index is 11.4. The van der Waals surface area contributed by atoms with Gasteiger partial charge in [-0.1, -0.05) is 6.92 Å². The third-order valence-electron chi connectivity index (χ3n) is 2.30. The highest BCUT2D eigenvalue weighted by Gasteiger charge is 2.33. The van der Waals surface area contributed by atoms with Crippen molar-refractivity contribution in [3.63, 3.8) is 0 Å². The first kappa shape index (κ1) is 11.9. The fourth-order valence-corrected chi connectivity index (χ4v) is 1.01. The number of rotatable bonds is 3. The van der Waals surface area contributed by atoms with Gasteiger partial charge in [-0.3, -0.25) is 9.59 Å². The van der Waals surface area contributed by atoms with Crippen LogP contribution in [-0.4, -0.2) is 36.3 Å². The smallest absolute Gasteiger partial charge is 0.245 e. The van der Waals surface area contributed by atoms with Crippen LogP contribution in [0.25, 0.3) is 0 Å². The Morgan fingerprint density at radius 3 is 2.15 bits per heavy atom. The van der Waals surface area contributed by atoms with E-state index in [4.69, 9.17) is 0 Å². The van der Waals surface area contributed by atoms with E-state index in [-0.39, 0.29) is 11.8 Å². The summed E-state index contributed by atoms with van der Waals surface area (Å²) in [7, 11) is 3.20. The summed E-state index contributed by atoms with van der Waals surface area (Å²) in [5, 5.41) is 2.53. The summed E-state index contributed by atoms with van der Waals surface area (Å²) >= 11 is 0. The molecule has 0 fully saturated rings. The molecule has 76 valence electrons. The summed E-state index contributed by atoms with van der Waals surface area (Å²) < 4.78 is 0. The zero-order valence-corrected chi connectivity index (χ0v) is 8.97. The molecule has 0 aromatic heterocycles. The second-order valence-corrected chi connectivity index (χ2v) is 3.44. The lowest BCUT2D eigenvalue weighted by molar-refractivity contribution is -0.143. The highest BCUT2D eigenvalue weighted by Crippen LogP contribution is 2.13. The lowest BCUT2D eigenvalue weighted by atomic mass is 10.0. The number of carbonyl (C=O) groups is 2. The van der Waals surface area contributed by atoms with E-state index >= 15 is 0 Å². The second-order valence-electron chi connectivity index (χ2n) is 3.44. The summed E-state index contributed by atoms with van der Waals surface area (Å²) in [5.41, 5.74) is -0.776. The molecule has 0 aliphatic rings. The van der Waals surface area contributed by atoms with E-state index in [0.29, 0.717) is 6.42 Å². The first-order chi connectivity index (χ1) is 5.87. The molecule has 0 bridgehead atoms. The molecule has 2 amide bonds. The number of hydrogen-bond donors (Lipinski definition) is 1. The Kier molecular flexibility index (Phi) is 3.91. The Hall–Kier alpha value is -1.06. The summed E-state index contributed by atoms with van der Waals surface area (Å²) in [6.45, 7) is 5.22. The fourth-order valence-electron chi connectivity index (χ4n) is 1.01. The average molecular weight is 186 g/mol. The van der Waals surface area contributed by atoms with Crippen LogP contribution in [0.3, 0.4) is 0 Å². The number of likely N-dealkylation sites (N-methyl/N-ethyl adjacent to an activating group) is 2. The molecule has 0 saturated carbocycles. The van der Waals surface area contributed by atoms with Gasteiger partial charge in [-0.15, -0.1) is 0 Å². The van der Waals surface area contributed by atoms with Crippen LogP contribution < -0.4 is 5.32 Å². The van der Waals surface area contributed by atoms with Crippen molar-refractivity contribution in [2.45, 2.75) is 32.7 Å². The van der Waals surface area contributed by atoms with Crippen molar-refractivity contribution in [1.29, 1.82) is 0 Å². The van der Waals surface area contributed by atoms with E-state index in [9.17, 15) is 9.59 Å². The molecular formula is C9H18N2O2. The van der Waals surface area contributed by atoms with E-state index in [1.54, 1.807) is 34.9 Å². The molecule has 0 aliphatic carbocycles. The van der Waals surface area contributed by atoms with Crippen LogP contribution in [0.5, 0.6) is 0 Å². The molecule has 0 heterocycles. The van der Waals surface area contributed by atoms with E-state index in [2.05, 4.69) is 5.32 Å². The maximum Gasteiger partial charge on any atom is 0.245 e. The van der Waals surface area contributed by atoms with E-state index in [1.807, 2.05) is 0 Å². The van der Waals surface area contributed by atoms with Gasteiger partial charge in [0.15, 0.2) is 0 Å². The van der Waals surface area contributed by atoms with Gasteiger partial charge in [-0.25, -0.2) is 0 Å². The minimum Gasteiger partial charge on any atom is -0.357 e. The lowest BCUT2D eigenvalue weighted by Crippen LogP contribution is -2.54. The number of hydrogen-bond acceptors (Lipinski definition) is 2. The number of nitrogens with zero attached hydrogens (tertiary/aromatic N) is 1. The SMILES string of the molecule is CCC(=O)N(C)C(C)(C)C(=O)NC. The van der Waals surface area contributed by atoms with Crippen molar-refractivity contribution in [2.24, 2.45) is 0 Å². The standard InChI is InChI=1S/C9H18N2O2/c1-6-7(12)11(5)9(2,3)8(13)10-4/h6H2,1-5H3,(H,10,13). The van der Waals surface area contributed by atoms with Crippen LogP contribution >= 0.6 is 0 Å². The van der Waals surface area contributed by atoms with Gasteiger partial charge in [-0.2, -0.15) is 0 Å². The largest absolute Gasteiger partial charge is 0.357 e. The summed E-state index contributed by atoms with van der Waals surface area (Å²) in [6, 6.07) is 0. The normalized spacial score (nSPS) is 10.8. The Labute approximate surface area is 79.3 Å². The van der Waals surface area contributed by atoms with Gasteiger partial charge < -0.3 is 10.2 Å². The molecule has 4 nitrogen and oxygen atoms in total. The molecule has 0 aromatic carbocycles. The van der Waals surface area contributed by atoms with Crippen LogP contribution in [-0.2, 0) is 9.59 Å². The van der Waals surface area contributed by atoms with Crippen molar-refractivity contribution >= 4 is 11.8 Å². The van der Waals surface area contributed by atoms with Gasteiger partial charge >= 0.3 is 0 Å². The molecule has 0 rings (SSSR count). The van der Waals surface area contributed by atoms with Crippen LogP contribution in [0, 0.1) is 0 Å². The number of carbonyl (C=O) groups excluding carboxylic acids is 2. The highest BCUT2D eigenvalue weighted by molar-refractivity contribution is 5.90. The van der Waals surface area contributed by atoms with Crippen molar-refractivity contribution in [1.82, 2.24) is 10.2 Å². The van der Waals surface area contributed by atoms with E-state index in [1.165, 1.54) is 4.90 Å². The topological polar surface area (TPSA) is 49.4 Å². The van der Waals surface area contributed by atoms with Crippen molar-refractivity contribution < 1.29 is 9.59 Å². The average Bonchev–Trinajstić information content (AvgIpc) is 2.13. The van der Waals surface area contributed by atoms with E-state index < -0.39 is 5.54 Å². The van der Waals surface area contributed by atoms with Crippen molar-refractivity contribution in [3.05, 3.63) is 0 Å². The number of amides is 2. The van der Waals surface area contributed by atoms with Gasteiger partial charge in [0.05, 0.1) is 0 Å². The van der Waals surface area contributed by atoms with Crippen LogP contribution in [0.4, 0.5) is 0 Å². The van der Waals surface area contributed by atoms with Gasteiger partial charge in [0.2, 0.25) is 11.8 Å². The summed E-state index contributed by atoms with van der Waals surface area (Å²) in [4.78, 5) is 24.2. The summed E-state index contributed by atoms with van der Waals surface area (Å²) in [6.07, 6.45) is 0.414. The van der Waals surface area contributed by atoms with Gasteiger partial charge in [0, 0.05) is 20.5 Å². The fraction of sp³-hybridized carbons (Fsp3) is 0.778. The zero-order valence-electron chi connectivity index (χ0n) is 8.97. The van der Waals surface area contributed by atoms with Gasteiger partial charge in [-0.05, 0) is 13.8 Å². The lowest BCUT2D eigenvalue weighted by Gasteiger charge is -2.33. The Morgan fingerprint density at radius 1 is 1.38 bits per heavy atom. The molecule has 0 unspecified atom stereocenters. The Balaban J connectivity index is 4.62. The third kappa shape index (κ3) is 2.44. The molecule has 13 heavy (non-hydrogen) atoms. The Bertz CT molecular complexity index is 212.